The summed E-state index contributed by atoms with van der Waals surface area (Å²) >= 11 is 0. The van der Waals surface area contributed by atoms with Crippen LogP contribution in [0.15, 0.2) is 34.9 Å². The van der Waals surface area contributed by atoms with E-state index in [1.165, 1.54) is 0 Å². The fraction of sp³-hybridized carbons (Fsp3) is 0.364. The van der Waals surface area contributed by atoms with Gasteiger partial charge >= 0.3 is 5.97 Å². The van der Waals surface area contributed by atoms with Gasteiger partial charge in [-0.15, -0.1) is 0 Å². The number of carbonyl (C=O) groups is 2. The van der Waals surface area contributed by atoms with Crippen molar-refractivity contribution >= 4 is 11.9 Å². The number of fused-ring (bicyclic) bond motifs is 1. The number of hydrogen-bond acceptors (Lipinski definition) is 7. The summed E-state index contributed by atoms with van der Waals surface area (Å²) in [4.78, 5) is 27.1. The maximum atomic E-state index is 12.8. The smallest absolute Gasteiger partial charge is 0.359 e. The molecule has 0 aliphatic carbocycles. The molecule has 0 unspecified atom stereocenters. The summed E-state index contributed by atoms with van der Waals surface area (Å²) in [6.45, 7) is 4.96. The second-order valence-electron chi connectivity index (χ2n) is 7.30. The summed E-state index contributed by atoms with van der Waals surface area (Å²) < 4.78 is 17.4. The van der Waals surface area contributed by atoms with Crippen LogP contribution in [0.5, 0.6) is 5.75 Å². The van der Waals surface area contributed by atoms with Crippen LogP contribution in [0.25, 0.3) is 0 Å². The van der Waals surface area contributed by atoms with E-state index in [0.29, 0.717) is 30.8 Å². The van der Waals surface area contributed by atoms with Gasteiger partial charge in [-0.1, -0.05) is 17.3 Å². The van der Waals surface area contributed by atoms with E-state index >= 15 is 0 Å². The predicted molar refractivity (Wildman–Crippen MR) is 110 cm³/mol. The summed E-state index contributed by atoms with van der Waals surface area (Å²) in [6.07, 6.45) is 0.564. The SMILES string of the molecule is CCOC(=O)c1nn(Cc2cccc(OC)c2)c2c1CN(C(=O)c1cc(C)on1)CC2. The van der Waals surface area contributed by atoms with Crippen molar-refractivity contribution in [1.29, 1.82) is 0 Å². The zero-order chi connectivity index (χ0) is 22.0. The number of hydrogen-bond donors (Lipinski definition) is 0. The molecule has 0 atom stereocenters. The summed E-state index contributed by atoms with van der Waals surface area (Å²) in [6, 6.07) is 9.31. The van der Waals surface area contributed by atoms with Gasteiger partial charge in [-0.3, -0.25) is 9.48 Å². The van der Waals surface area contributed by atoms with E-state index in [4.69, 9.17) is 14.0 Å². The molecule has 2 aromatic heterocycles. The topological polar surface area (TPSA) is 99.7 Å². The highest BCUT2D eigenvalue weighted by molar-refractivity contribution is 5.93. The van der Waals surface area contributed by atoms with Crippen LogP contribution >= 0.6 is 0 Å². The molecular weight excluding hydrogens is 400 g/mol. The fourth-order valence-electron chi connectivity index (χ4n) is 3.73. The van der Waals surface area contributed by atoms with Gasteiger partial charge in [-0.2, -0.15) is 5.10 Å². The second-order valence-corrected chi connectivity index (χ2v) is 7.30. The number of methoxy groups -OCH3 is 1. The molecule has 1 amide bonds. The van der Waals surface area contributed by atoms with Crippen LogP contribution in [0.4, 0.5) is 0 Å². The molecule has 1 aliphatic rings. The number of amides is 1. The molecule has 0 spiro atoms. The lowest BCUT2D eigenvalue weighted by Gasteiger charge is -2.27. The van der Waals surface area contributed by atoms with E-state index in [1.807, 2.05) is 28.9 Å². The summed E-state index contributed by atoms with van der Waals surface area (Å²) in [5, 5.41) is 8.38. The molecule has 162 valence electrons. The molecule has 0 fully saturated rings. The number of rotatable bonds is 6. The molecule has 0 radical (unpaired) electrons. The van der Waals surface area contributed by atoms with Crippen molar-refractivity contribution in [2.75, 3.05) is 20.3 Å². The lowest BCUT2D eigenvalue weighted by molar-refractivity contribution is 0.0512. The third kappa shape index (κ3) is 4.16. The van der Waals surface area contributed by atoms with Gasteiger partial charge in [-0.05, 0) is 31.5 Å². The van der Waals surface area contributed by atoms with Crippen LogP contribution in [0, 0.1) is 6.92 Å². The van der Waals surface area contributed by atoms with Gasteiger partial charge < -0.3 is 18.9 Å². The van der Waals surface area contributed by atoms with Crippen molar-refractivity contribution < 1.29 is 23.6 Å². The minimum Gasteiger partial charge on any atom is -0.497 e. The molecule has 0 N–H and O–H groups in total. The molecular formula is C22H24N4O5. The third-order valence-electron chi connectivity index (χ3n) is 5.20. The number of aryl methyl sites for hydroxylation is 1. The van der Waals surface area contributed by atoms with Crippen LogP contribution in [0.2, 0.25) is 0 Å². The minimum absolute atomic E-state index is 0.238. The van der Waals surface area contributed by atoms with Crippen LogP contribution < -0.4 is 4.74 Å². The zero-order valence-electron chi connectivity index (χ0n) is 17.8. The van der Waals surface area contributed by atoms with Crippen molar-refractivity contribution in [3.63, 3.8) is 0 Å². The number of carbonyl (C=O) groups excluding carboxylic acids is 2. The first-order valence-electron chi connectivity index (χ1n) is 10.1. The lowest BCUT2D eigenvalue weighted by atomic mass is 10.0. The van der Waals surface area contributed by atoms with E-state index in [9.17, 15) is 9.59 Å². The number of nitrogens with zero attached hydrogens (tertiary/aromatic N) is 4. The van der Waals surface area contributed by atoms with Gasteiger partial charge in [0.1, 0.15) is 11.5 Å². The Morgan fingerprint density at radius 3 is 2.81 bits per heavy atom. The molecule has 9 nitrogen and oxygen atoms in total. The van der Waals surface area contributed by atoms with Gasteiger partial charge in [-0.25, -0.2) is 4.79 Å². The Labute approximate surface area is 179 Å². The molecule has 3 heterocycles. The Kier molecular flexibility index (Phi) is 5.75. The van der Waals surface area contributed by atoms with Crippen molar-refractivity contribution in [1.82, 2.24) is 19.8 Å². The normalized spacial score (nSPS) is 13.1. The highest BCUT2D eigenvalue weighted by atomic mass is 16.5. The second kappa shape index (κ2) is 8.63. The summed E-state index contributed by atoms with van der Waals surface area (Å²) in [7, 11) is 1.62. The van der Waals surface area contributed by atoms with E-state index < -0.39 is 5.97 Å². The predicted octanol–water partition coefficient (Wildman–Crippen LogP) is 2.61. The van der Waals surface area contributed by atoms with Crippen molar-refractivity contribution in [2.24, 2.45) is 0 Å². The van der Waals surface area contributed by atoms with Crippen molar-refractivity contribution in [2.45, 2.75) is 33.4 Å². The molecule has 9 heteroatoms. The maximum Gasteiger partial charge on any atom is 0.359 e. The molecule has 0 saturated heterocycles. The molecule has 1 aromatic carbocycles. The Balaban J connectivity index is 1.65. The summed E-state index contributed by atoms with van der Waals surface area (Å²) in [5.74, 6) is 0.593. The van der Waals surface area contributed by atoms with Gasteiger partial charge in [0.25, 0.3) is 5.91 Å². The first-order valence-corrected chi connectivity index (χ1v) is 10.1. The largest absolute Gasteiger partial charge is 0.497 e. The quantitative estimate of drug-likeness (QED) is 0.561. The van der Waals surface area contributed by atoms with Gasteiger partial charge in [0, 0.05) is 30.3 Å². The van der Waals surface area contributed by atoms with Crippen LogP contribution in [0.3, 0.4) is 0 Å². The average molecular weight is 424 g/mol. The average Bonchev–Trinajstić information content (AvgIpc) is 3.37. The van der Waals surface area contributed by atoms with Crippen LogP contribution in [-0.2, 0) is 24.2 Å². The standard InChI is InChI=1S/C22H24N4O5/c1-4-30-22(28)20-17-13-25(21(27)18-10-14(2)31-24-18)9-8-19(17)26(23-20)12-15-6-5-7-16(11-15)29-3/h5-7,10-11H,4,8-9,12-13H2,1-3H3. The monoisotopic (exact) mass is 424 g/mol. The van der Waals surface area contributed by atoms with E-state index in [1.54, 1.807) is 31.9 Å². The van der Waals surface area contributed by atoms with Gasteiger partial charge in [0.05, 0.1) is 26.8 Å². The Hall–Kier alpha value is -3.62. The van der Waals surface area contributed by atoms with Crippen LogP contribution in [-0.4, -0.2) is 52.0 Å². The van der Waals surface area contributed by atoms with Crippen LogP contribution in [0.1, 0.15) is 50.5 Å². The maximum absolute atomic E-state index is 12.8. The summed E-state index contributed by atoms with van der Waals surface area (Å²) in [5.41, 5.74) is 3.13. The zero-order valence-corrected chi connectivity index (χ0v) is 17.8. The molecule has 0 bridgehead atoms. The highest BCUT2D eigenvalue weighted by Gasteiger charge is 2.32. The number of ether oxygens (including phenoxy) is 2. The van der Waals surface area contributed by atoms with Crippen molar-refractivity contribution in [3.8, 4) is 5.75 Å². The van der Waals surface area contributed by atoms with E-state index in [2.05, 4.69) is 10.3 Å². The Morgan fingerprint density at radius 1 is 1.26 bits per heavy atom. The Morgan fingerprint density at radius 2 is 2.10 bits per heavy atom. The first-order chi connectivity index (χ1) is 15.0. The van der Waals surface area contributed by atoms with Gasteiger partial charge in [0.2, 0.25) is 0 Å². The molecule has 3 aromatic rings. The number of aromatic nitrogens is 3. The first kappa shape index (κ1) is 20.6. The lowest BCUT2D eigenvalue weighted by Crippen LogP contribution is -2.37. The Bertz CT molecular complexity index is 1120. The minimum atomic E-state index is -0.491. The van der Waals surface area contributed by atoms with Crippen molar-refractivity contribution in [3.05, 3.63) is 64.3 Å². The molecule has 1 aliphatic heterocycles. The highest BCUT2D eigenvalue weighted by Crippen LogP contribution is 2.26. The van der Waals surface area contributed by atoms with Gasteiger partial charge in [0.15, 0.2) is 11.4 Å². The fourth-order valence-corrected chi connectivity index (χ4v) is 3.73. The third-order valence-corrected chi connectivity index (χ3v) is 5.20. The molecule has 31 heavy (non-hydrogen) atoms. The molecule has 0 saturated carbocycles. The molecule has 4 rings (SSSR count). The van der Waals surface area contributed by atoms with E-state index in [0.717, 1.165) is 17.0 Å². The number of benzene rings is 1. The van der Waals surface area contributed by atoms with E-state index in [-0.39, 0.29) is 30.4 Å². The number of esters is 1.